The van der Waals surface area contributed by atoms with Gasteiger partial charge in [0.15, 0.2) is 5.78 Å². The van der Waals surface area contributed by atoms with E-state index in [1.165, 1.54) is 57.2 Å². The zero-order valence-corrected chi connectivity index (χ0v) is 20.9. The molecule has 4 heteroatoms. The minimum atomic E-state index is 0.0983. The number of ether oxygens (including phenoxy) is 2. The summed E-state index contributed by atoms with van der Waals surface area (Å²) in [6.07, 6.45) is 10.0. The summed E-state index contributed by atoms with van der Waals surface area (Å²) in [5.41, 5.74) is 2.78. The molecule has 1 aliphatic carbocycles. The number of rotatable bonds is 8. The predicted molar refractivity (Wildman–Crippen MR) is 142 cm³/mol. The third kappa shape index (κ3) is 5.54. The molecule has 4 nitrogen and oxygen atoms in total. The first-order valence-corrected chi connectivity index (χ1v) is 13.3. The van der Waals surface area contributed by atoms with Crippen molar-refractivity contribution in [1.29, 1.82) is 0 Å². The fourth-order valence-electron chi connectivity index (χ4n) is 5.78. The van der Waals surface area contributed by atoms with Crippen molar-refractivity contribution in [2.75, 3.05) is 33.4 Å². The van der Waals surface area contributed by atoms with Gasteiger partial charge in [-0.05, 0) is 103 Å². The van der Waals surface area contributed by atoms with E-state index in [-0.39, 0.29) is 5.78 Å². The van der Waals surface area contributed by atoms with Crippen LogP contribution in [0, 0.1) is 0 Å². The number of nitrogens with zero attached hydrogens (tertiary/aromatic N) is 1. The highest BCUT2D eigenvalue weighted by atomic mass is 16.5. The lowest BCUT2D eigenvalue weighted by molar-refractivity contribution is 0.103. The average molecular weight is 472 g/mol. The minimum absolute atomic E-state index is 0.0983. The molecular formula is C31H37NO3. The van der Waals surface area contributed by atoms with Crippen LogP contribution in [0.2, 0.25) is 0 Å². The summed E-state index contributed by atoms with van der Waals surface area (Å²) in [4.78, 5) is 16.4. The van der Waals surface area contributed by atoms with Crippen LogP contribution in [-0.4, -0.2) is 44.0 Å². The number of methoxy groups -OCH3 is 1. The van der Waals surface area contributed by atoms with Crippen LogP contribution in [0.4, 0.5) is 0 Å². The Bertz CT molecular complexity index is 1140. The Morgan fingerprint density at radius 1 is 0.857 bits per heavy atom. The third-order valence-electron chi connectivity index (χ3n) is 7.77. The summed E-state index contributed by atoms with van der Waals surface area (Å²) in [6.45, 7) is 4.00. The average Bonchev–Trinajstić information content (AvgIpc) is 2.93. The molecule has 0 radical (unpaired) electrons. The highest BCUT2D eigenvalue weighted by Gasteiger charge is 2.24. The molecule has 0 atom stereocenters. The Hall–Kier alpha value is -2.85. The van der Waals surface area contributed by atoms with E-state index in [9.17, 15) is 4.79 Å². The summed E-state index contributed by atoms with van der Waals surface area (Å²) >= 11 is 0. The van der Waals surface area contributed by atoms with Crippen LogP contribution in [0.25, 0.3) is 10.8 Å². The van der Waals surface area contributed by atoms with E-state index in [2.05, 4.69) is 17.0 Å². The molecule has 1 saturated heterocycles. The molecule has 3 aromatic carbocycles. The van der Waals surface area contributed by atoms with Crippen LogP contribution < -0.4 is 9.47 Å². The molecule has 184 valence electrons. The van der Waals surface area contributed by atoms with Crippen LogP contribution in [0.5, 0.6) is 11.5 Å². The van der Waals surface area contributed by atoms with E-state index in [1.54, 1.807) is 7.11 Å². The number of ketones is 1. The Kier molecular flexibility index (Phi) is 7.68. The van der Waals surface area contributed by atoms with E-state index in [0.29, 0.717) is 18.1 Å². The second-order valence-corrected chi connectivity index (χ2v) is 10.1. The monoisotopic (exact) mass is 471 g/mol. The topological polar surface area (TPSA) is 38.8 Å². The van der Waals surface area contributed by atoms with Gasteiger partial charge in [0.1, 0.15) is 18.1 Å². The van der Waals surface area contributed by atoms with Gasteiger partial charge in [-0.2, -0.15) is 0 Å². The molecule has 2 aliphatic rings. The number of hydrogen-bond acceptors (Lipinski definition) is 4. The van der Waals surface area contributed by atoms with Crippen LogP contribution in [0.1, 0.15) is 78.8 Å². The maximum Gasteiger partial charge on any atom is 0.193 e. The van der Waals surface area contributed by atoms with Gasteiger partial charge in [-0.25, -0.2) is 0 Å². The van der Waals surface area contributed by atoms with Gasteiger partial charge < -0.3 is 9.47 Å². The lowest BCUT2D eigenvalue weighted by Crippen LogP contribution is -2.33. The fourth-order valence-corrected chi connectivity index (χ4v) is 5.78. The fraction of sp³-hybridized carbons (Fsp3) is 0.452. The van der Waals surface area contributed by atoms with Crippen LogP contribution in [0.3, 0.4) is 0 Å². The van der Waals surface area contributed by atoms with Crippen molar-refractivity contribution in [3.05, 3.63) is 71.3 Å². The second kappa shape index (κ2) is 11.3. The first kappa shape index (κ1) is 23.9. The van der Waals surface area contributed by atoms with Gasteiger partial charge in [0.2, 0.25) is 0 Å². The Morgan fingerprint density at radius 3 is 2.31 bits per heavy atom. The van der Waals surface area contributed by atoms with Crippen molar-refractivity contribution in [1.82, 2.24) is 4.90 Å². The predicted octanol–water partition coefficient (Wildman–Crippen LogP) is 6.99. The Labute approximate surface area is 209 Å². The van der Waals surface area contributed by atoms with Crippen molar-refractivity contribution < 1.29 is 14.3 Å². The smallest absolute Gasteiger partial charge is 0.193 e. The van der Waals surface area contributed by atoms with Crippen molar-refractivity contribution in [3.8, 4) is 11.5 Å². The maximum absolute atomic E-state index is 13.9. The van der Waals surface area contributed by atoms with Crippen molar-refractivity contribution in [2.45, 2.75) is 57.3 Å². The van der Waals surface area contributed by atoms with Gasteiger partial charge in [0.05, 0.1) is 7.11 Å². The molecule has 0 amide bonds. The van der Waals surface area contributed by atoms with Crippen molar-refractivity contribution in [3.63, 3.8) is 0 Å². The zero-order chi connectivity index (χ0) is 24.0. The number of fused-ring (bicyclic) bond motifs is 1. The van der Waals surface area contributed by atoms with Crippen LogP contribution in [0.15, 0.2) is 54.6 Å². The quantitative estimate of drug-likeness (QED) is 0.332. The number of likely N-dealkylation sites (tertiary alicyclic amines) is 1. The van der Waals surface area contributed by atoms with E-state index >= 15 is 0 Å². The van der Waals surface area contributed by atoms with E-state index in [4.69, 9.17) is 9.47 Å². The molecular weight excluding hydrogens is 434 g/mol. The zero-order valence-electron chi connectivity index (χ0n) is 20.9. The number of carbonyl (C=O) groups excluding carboxylic acids is 1. The summed E-state index contributed by atoms with van der Waals surface area (Å²) in [7, 11) is 1.68. The summed E-state index contributed by atoms with van der Waals surface area (Å²) < 4.78 is 11.4. The lowest BCUT2D eigenvalue weighted by Gasteiger charge is -2.26. The van der Waals surface area contributed by atoms with Crippen molar-refractivity contribution >= 4 is 16.6 Å². The highest BCUT2D eigenvalue weighted by Crippen LogP contribution is 2.38. The third-order valence-corrected chi connectivity index (χ3v) is 7.77. The number of piperidine rings is 1. The standard InChI is InChI=1S/C31H37NO3/c1-34-27-15-17-29-25(22-27)12-16-28(23-8-4-2-5-9-23)30(29)31(33)24-10-13-26(14-11-24)35-21-20-32-18-6-3-7-19-32/h10-17,22-23H,2-9,18-21H2,1H3. The molecule has 0 unspecified atom stereocenters. The van der Waals surface area contributed by atoms with Gasteiger partial charge in [-0.1, -0.05) is 37.8 Å². The molecule has 0 N–H and O–H groups in total. The molecule has 1 heterocycles. The van der Waals surface area contributed by atoms with E-state index in [0.717, 1.165) is 47.2 Å². The first-order chi connectivity index (χ1) is 17.2. The second-order valence-electron chi connectivity index (χ2n) is 10.1. The largest absolute Gasteiger partial charge is 0.497 e. The molecule has 35 heavy (non-hydrogen) atoms. The Morgan fingerprint density at radius 2 is 1.57 bits per heavy atom. The van der Waals surface area contributed by atoms with Gasteiger partial charge >= 0.3 is 0 Å². The number of benzene rings is 3. The highest BCUT2D eigenvalue weighted by molar-refractivity contribution is 6.17. The number of carbonyl (C=O) groups is 1. The van der Waals surface area contributed by atoms with Gasteiger partial charge in [-0.15, -0.1) is 0 Å². The van der Waals surface area contributed by atoms with E-state index in [1.807, 2.05) is 42.5 Å². The summed E-state index contributed by atoms with van der Waals surface area (Å²) in [5, 5.41) is 2.06. The lowest BCUT2D eigenvalue weighted by atomic mass is 9.79. The van der Waals surface area contributed by atoms with Gasteiger partial charge in [-0.3, -0.25) is 9.69 Å². The van der Waals surface area contributed by atoms with E-state index < -0.39 is 0 Å². The summed E-state index contributed by atoms with van der Waals surface area (Å²) in [5.74, 6) is 2.19. The van der Waals surface area contributed by atoms with Crippen LogP contribution >= 0.6 is 0 Å². The SMILES string of the molecule is COc1ccc2c(C(=O)c3ccc(OCCN4CCCCC4)cc3)c(C3CCCCC3)ccc2c1. The minimum Gasteiger partial charge on any atom is -0.497 e. The maximum atomic E-state index is 13.9. The van der Waals surface area contributed by atoms with Crippen LogP contribution in [-0.2, 0) is 0 Å². The molecule has 2 fully saturated rings. The van der Waals surface area contributed by atoms with Gasteiger partial charge in [0, 0.05) is 17.7 Å². The first-order valence-electron chi connectivity index (χ1n) is 13.3. The molecule has 3 aromatic rings. The molecule has 0 spiro atoms. The molecule has 1 saturated carbocycles. The van der Waals surface area contributed by atoms with Crippen molar-refractivity contribution in [2.24, 2.45) is 0 Å². The Balaban J connectivity index is 1.38. The van der Waals surface area contributed by atoms with Gasteiger partial charge in [0.25, 0.3) is 0 Å². The number of hydrogen-bond donors (Lipinski definition) is 0. The molecule has 1 aliphatic heterocycles. The molecule has 0 aromatic heterocycles. The normalized spacial score (nSPS) is 17.4. The molecule has 0 bridgehead atoms. The molecule has 5 rings (SSSR count). The summed E-state index contributed by atoms with van der Waals surface area (Å²) in [6, 6.07) is 18.1.